The molecule has 8 heteroatoms. The van der Waals surface area contributed by atoms with Gasteiger partial charge in [-0.1, -0.05) is 23.2 Å². The molecule has 0 spiro atoms. The van der Waals surface area contributed by atoms with Crippen LogP contribution in [0, 0.1) is 5.92 Å². The van der Waals surface area contributed by atoms with Gasteiger partial charge in [0.2, 0.25) is 0 Å². The predicted octanol–water partition coefficient (Wildman–Crippen LogP) is 3.56. The molecule has 1 fully saturated rings. The molecule has 0 radical (unpaired) electrons. The van der Waals surface area contributed by atoms with Gasteiger partial charge >= 0.3 is 6.18 Å². The lowest BCUT2D eigenvalue weighted by atomic mass is 9.97. The van der Waals surface area contributed by atoms with E-state index in [-0.39, 0.29) is 23.3 Å². The van der Waals surface area contributed by atoms with E-state index in [0.717, 1.165) is 0 Å². The van der Waals surface area contributed by atoms with Crippen LogP contribution in [-0.4, -0.2) is 29.5 Å². The summed E-state index contributed by atoms with van der Waals surface area (Å²) in [5.41, 5.74) is 0.408. The number of alkyl halides is 3. The van der Waals surface area contributed by atoms with Crippen molar-refractivity contribution >= 4 is 28.9 Å². The number of anilines is 1. The molecule has 0 bridgehead atoms. The van der Waals surface area contributed by atoms with Crippen LogP contribution in [0.1, 0.15) is 12.8 Å². The van der Waals surface area contributed by atoms with Gasteiger partial charge in [-0.05, 0) is 12.8 Å². The second-order valence-electron chi connectivity index (χ2n) is 4.17. The Bertz CT molecular complexity index is 439. The van der Waals surface area contributed by atoms with Gasteiger partial charge in [-0.3, -0.25) is 0 Å². The van der Waals surface area contributed by atoms with Gasteiger partial charge in [-0.15, -0.1) is 10.2 Å². The zero-order valence-electron chi connectivity index (χ0n) is 9.21. The van der Waals surface area contributed by atoms with Crippen molar-refractivity contribution in [2.45, 2.75) is 19.0 Å². The zero-order chi connectivity index (χ0) is 13.3. The minimum absolute atomic E-state index is 0.0715. The van der Waals surface area contributed by atoms with Crippen molar-refractivity contribution < 1.29 is 13.2 Å². The number of aromatic nitrogens is 2. The molecule has 1 aliphatic rings. The molecule has 1 aromatic heterocycles. The van der Waals surface area contributed by atoms with Crippen LogP contribution in [0.4, 0.5) is 18.9 Å². The number of hydrogen-bond acceptors (Lipinski definition) is 3. The van der Waals surface area contributed by atoms with Crippen LogP contribution in [0.15, 0.2) is 6.07 Å². The van der Waals surface area contributed by atoms with Crippen molar-refractivity contribution in [2.24, 2.45) is 5.92 Å². The van der Waals surface area contributed by atoms with Crippen LogP contribution in [0.2, 0.25) is 10.3 Å². The molecule has 0 N–H and O–H groups in total. The van der Waals surface area contributed by atoms with Gasteiger partial charge < -0.3 is 4.90 Å². The Labute approximate surface area is 112 Å². The molecule has 0 amide bonds. The average Bonchev–Trinajstić information content (AvgIpc) is 2.31. The summed E-state index contributed by atoms with van der Waals surface area (Å²) in [7, 11) is 0. The third-order valence-corrected chi connectivity index (χ3v) is 3.38. The molecule has 1 saturated heterocycles. The first kappa shape index (κ1) is 13.7. The lowest BCUT2D eigenvalue weighted by Crippen LogP contribution is -2.42. The number of hydrogen-bond donors (Lipinski definition) is 0. The van der Waals surface area contributed by atoms with Crippen molar-refractivity contribution in [3.8, 4) is 0 Å². The maximum Gasteiger partial charge on any atom is 0.393 e. The zero-order valence-corrected chi connectivity index (χ0v) is 10.7. The summed E-state index contributed by atoms with van der Waals surface area (Å²) < 4.78 is 38.1. The quantitative estimate of drug-likeness (QED) is 0.794. The molecule has 0 saturated carbocycles. The first-order valence-electron chi connectivity index (χ1n) is 5.38. The molecule has 1 atom stereocenters. The highest BCUT2D eigenvalue weighted by molar-refractivity contribution is 6.33. The smallest absolute Gasteiger partial charge is 0.368 e. The van der Waals surface area contributed by atoms with Crippen LogP contribution in [0.3, 0.4) is 0 Å². The van der Waals surface area contributed by atoms with Gasteiger partial charge in [0.15, 0.2) is 10.3 Å². The van der Waals surface area contributed by atoms with Crippen molar-refractivity contribution in [1.82, 2.24) is 10.2 Å². The SMILES string of the molecule is FC(F)(F)C1CCCN(c2cc(Cl)nnc2Cl)C1. The monoisotopic (exact) mass is 299 g/mol. The predicted molar refractivity (Wildman–Crippen MR) is 63.0 cm³/mol. The Kier molecular flexibility index (Phi) is 3.87. The van der Waals surface area contributed by atoms with Crippen LogP contribution in [0.25, 0.3) is 0 Å². The normalized spacial score (nSPS) is 21.2. The van der Waals surface area contributed by atoms with E-state index in [0.29, 0.717) is 18.7 Å². The van der Waals surface area contributed by atoms with Crippen LogP contribution in [0.5, 0.6) is 0 Å². The second-order valence-corrected chi connectivity index (χ2v) is 4.92. The second kappa shape index (κ2) is 5.09. The Hall–Kier alpha value is -0.750. The largest absolute Gasteiger partial charge is 0.393 e. The molecule has 1 aliphatic heterocycles. The molecule has 3 nitrogen and oxygen atoms in total. The van der Waals surface area contributed by atoms with Gasteiger partial charge in [0, 0.05) is 19.2 Å². The summed E-state index contributed by atoms with van der Waals surface area (Å²) in [6.45, 7) is 0.388. The third-order valence-electron chi connectivity index (χ3n) is 2.93. The van der Waals surface area contributed by atoms with E-state index in [1.54, 1.807) is 4.90 Å². The Morgan fingerprint density at radius 1 is 1.28 bits per heavy atom. The number of halogens is 5. The molecule has 1 aromatic rings. The Morgan fingerprint density at radius 3 is 2.67 bits per heavy atom. The number of nitrogens with zero attached hydrogens (tertiary/aromatic N) is 3. The Morgan fingerprint density at radius 2 is 2.00 bits per heavy atom. The van der Waals surface area contributed by atoms with Crippen molar-refractivity contribution in [3.05, 3.63) is 16.4 Å². The lowest BCUT2D eigenvalue weighted by molar-refractivity contribution is -0.175. The van der Waals surface area contributed by atoms with Gasteiger partial charge in [0.25, 0.3) is 0 Å². The van der Waals surface area contributed by atoms with E-state index >= 15 is 0 Å². The summed E-state index contributed by atoms with van der Waals surface area (Å²) in [6, 6.07) is 1.44. The van der Waals surface area contributed by atoms with Gasteiger partial charge in [0.1, 0.15) is 0 Å². The highest BCUT2D eigenvalue weighted by Crippen LogP contribution is 2.36. The summed E-state index contributed by atoms with van der Waals surface area (Å²) in [5, 5.41) is 7.32. The summed E-state index contributed by atoms with van der Waals surface area (Å²) >= 11 is 11.5. The lowest BCUT2D eigenvalue weighted by Gasteiger charge is -2.35. The van der Waals surface area contributed by atoms with Gasteiger partial charge in [-0.25, -0.2) is 0 Å². The van der Waals surface area contributed by atoms with Gasteiger partial charge in [0.05, 0.1) is 11.6 Å². The topological polar surface area (TPSA) is 29.0 Å². The van der Waals surface area contributed by atoms with E-state index < -0.39 is 12.1 Å². The highest BCUT2D eigenvalue weighted by atomic mass is 35.5. The minimum Gasteiger partial charge on any atom is -0.368 e. The molecular formula is C10H10Cl2F3N3. The highest BCUT2D eigenvalue weighted by Gasteiger charge is 2.42. The van der Waals surface area contributed by atoms with E-state index in [2.05, 4.69) is 10.2 Å². The number of piperidine rings is 1. The molecule has 0 aliphatic carbocycles. The summed E-state index contributed by atoms with van der Waals surface area (Å²) in [4.78, 5) is 1.56. The van der Waals surface area contributed by atoms with E-state index in [1.165, 1.54) is 6.07 Å². The molecular weight excluding hydrogens is 290 g/mol. The fraction of sp³-hybridized carbons (Fsp3) is 0.600. The molecule has 0 aromatic carbocycles. The van der Waals surface area contributed by atoms with Gasteiger partial charge in [-0.2, -0.15) is 13.2 Å². The van der Waals surface area contributed by atoms with Crippen LogP contribution in [-0.2, 0) is 0 Å². The molecule has 2 rings (SSSR count). The van der Waals surface area contributed by atoms with E-state index in [1.807, 2.05) is 0 Å². The Balaban J connectivity index is 2.21. The first-order valence-corrected chi connectivity index (χ1v) is 6.14. The molecule has 2 heterocycles. The van der Waals surface area contributed by atoms with E-state index in [9.17, 15) is 13.2 Å². The fourth-order valence-electron chi connectivity index (χ4n) is 2.03. The summed E-state index contributed by atoms with van der Waals surface area (Å²) in [6.07, 6.45) is -3.58. The standard InChI is InChI=1S/C10H10Cl2F3N3/c11-8-4-7(9(12)17-16-8)18-3-1-2-6(5-18)10(13,14)15/h4,6H,1-3,5H2. The molecule has 100 valence electrons. The van der Waals surface area contributed by atoms with Crippen LogP contribution < -0.4 is 4.90 Å². The van der Waals surface area contributed by atoms with Crippen LogP contribution >= 0.6 is 23.2 Å². The van der Waals surface area contributed by atoms with Crippen molar-refractivity contribution in [3.63, 3.8) is 0 Å². The minimum atomic E-state index is -4.19. The molecule has 18 heavy (non-hydrogen) atoms. The summed E-state index contributed by atoms with van der Waals surface area (Å²) in [5.74, 6) is -1.34. The average molecular weight is 300 g/mol. The number of rotatable bonds is 1. The maximum atomic E-state index is 12.7. The first-order chi connectivity index (χ1) is 8.38. The van der Waals surface area contributed by atoms with E-state index in [4.69, 9.17) is 23.2 Å². The molecule has 1 unspecified atom stereocenters. The maximum absolute atomic E-state index is 12.7. The fourth-order valence-corrected chi connectivity index (χ4v) is 2.38. The van der Waals surface area contributed by atoms with Crippen molar-refractivity contribution in [1.29, 1.82) is 0 Å². The van der Waals surface area contributed by atoms with Crippen molar-refractivity contribution in [2.75, 3.05) is 18.0 Å². The third kappa shape index (κ3) is 2.98.